The number of anilines is 1. The monoisotopic (exact) mass is 413 g/mol. The molecule has 2 saturated carbocycles. The summed E-state index contributed by atoms with van der Waals surface area (Å²) >= 11 is 1.49. The van der Waals surface area contributed by atoms with Crippen LogP contribution in [-0.2, 0) is 11.2 Å². The Hall–Kier alpha value is -2.68. The van der Waals surface area contributed by atoms with Crippen LogP contribution in [0, 0.1) is 12.8 Å². The van der Waals surface area contributed by atoms with Gasteiger partial charge in [-0.3, -0.25) is 9.89 Å². The van der Waals surface area contributed by atoms with Gasteiger partial charge in [-0.25, -0.2) is 0 Å². The molecule has 0 spiro atoms. The van der Waals surface area contributed by atoms with Crippen LogP contribution >= 0.6 is 11.5 Å². The highest BCUT2D eigenvalue weighted by atomic mass is 32.1. The van der Waals surface area contributed by atoms with E-state index in [1.165, 1.54) is 29.9 Å². The maximum Gasteiger partial charge on any atom is 0.233 e. The summed E-state index contributed by atoms with van der Waals surface area (Å²) in [6.45, 7) is 2.54. The Balaban J connectivity index is 1.08. The Morgan fingerprint density at radius 1 is 1.34 bits per heavy atom. The van der Waals surface area contributed by atoms with Gasteiger partial charge in [-0.1, -0.05) is 5.16 Å². The zero-order chi connectivity index (χ0) is 19.8. The summed E-state index contributed by atoms with van der Waals surface area (Å²) in [5.74, 6) is 3.38. The van der Waals surface area contributed by atoms with Gasteiger partial charge in [-0.2, -0.15) is 9.47 Å². The molecule has 29 heavy (non-hydrogen) atoms. The van der Waals surface area contributed by atoms with Crippen LogP contribution in [0.5, 0.6) is 5.88 Å². The van der Waals surface area contributed by atoms with Gasteiger partial charge in [0.05, 0.1) is 18.7 Å². The van der Waals surface area contributed by atoms with Crippen molar-refractivity contribution in [3.8, 4) is 5.88 Å². The second-order valence-corrected chi connectivity index (χ2v) is 8.69. The Morgan fingerprint density at radius 3 is 2.97 bits per heavy atom. The van der Waals surface area contributed by atoms with E-state index in [0.717, 1.165) is 30.1 Å². The normalized spacial score (nSPS) is 21.0. The number of carbonyl (C=O) groups is 1. The van der Waals surface area contributed by atoms with E-state index in [2.05, 4.69) is 30.4 Å². The van der Waals surface area contributed by atoms with Gasteiger partial charge in [0.1, 0.15) is 5.76 Å². The fraction of sp³-hybridized carbons (Fsp3) is 0.500. The van der Waals surface area contributed by atoms with E-state index in [9.17, 15) is 4.79 Å². The minimum Gasteiger partial charge on any atom is -0.477 e. The Kier molecular flexibility index (Phi) is 4.83. The van der Waals surface area contributed by atoms with Crippen molar-refractivity contribution in [1.82, 2.24) is 19.7 Å². The summed E-state index contributed by atoms with van der Waals surface area (Å²) in [6, 6.07) is 3.67. The molecule has 3 aromatic rings. The number of nitrogens with zero attached hydrogens (tertiary/aromatic N) is 3. The molecule has 0 saturated heterocycles. The lowest BCUT2D eigenvalue weighted by Gasteiger charge is -2.34. The highest BCUT2D eigenvalue weighted by molar-refractivity contribution is 7.03. The van der Waals surface area contributed by atoms with Gasteiger partial charge in [-0.05, 0) is 56.0 Å². The van der Waals surface area contributed by atoms with Crippen molar-refractivity contribution in [2.24, 2.45) is 5.92 Å². The lowest BCUT2D eigenvalue weighted by molar-refractivity contribution is -0.115. The summed E-state index contributed by atoms with van der Waals surface area (Å²) < 4.78 is 15.5. The number of carbonyl (C=O) groups excluding carboxylic acids is 1. The summed E-state index contributed by atoms with van der Waals surface area (Å²) in [7, 11) is 0. The maximum atomic E-state index is 12.1. The third kappa shape index (κ3) is 4.19. The Labute approximate surface area is 172 Å². The number of nitrogens with one attached hydrogen (secondary N) is 2. The van der Waals surface area contributed by atoms with E-state index >= 15 is 0 Å². The maximum absolute atomic E-state index is 12.1. The molecule has 5 rings (SSSR count). The number of ether oxygens (including phenoxy) is 1. The average molecular weight is 414 g/mol. The van der Waals surface area contributed by atoms with E-state index in [1.807, 2.05) is 13.0 Å². The molecular formula is C20H23N5O3S. The molecule has 8 nitrogen and oxygen atoms in total. The van der Waals surface area contributed by atoms with Crippen LogP contribution in [0.2, 0.25) is 0 Å². The zero-order valence-electron chi connectivity index (χ0n) is 16.2. The number of amides is 1. The summed E-state index contributed by atoms with van der Waals surface area (Å²) in [5.41, 5.74) is 3.11. The largest absolute Gasteiger partial charge is 0.477 e. The first kappa shape index (κ1) is 18.4. The predicted molar refractivity (Wildman–Crippen MR) is 107 cm³/mol. The minimum absolute atomic E-state index is 0.144. The van der Waals surface area contributed by atoms with Gasteiger partial charge < -0.3 is 14.6 Å². The van der Waals surface area contributed by atoms with Crippen molar-refractivity contribution in [2.75, 3.05) is 11.9 Å². The van der Waals surface area contributed by atoms with Crippen molar-refractivity contribution < 1.29 is 14.1 Å². The van der Waals surface area contributed by atoms with E-state index in [4.69, 9.17) is 9.26 Å². The molecule has 2 aliphatic rings. The Morgan fingerprint density at radius 2 is 2.21 bits per heavy atom. The third-order valence-electron chi connectivity index (χ3n) is 5.59. The number of H-pyrrole nitrogens is 1. The number of hydrogen-bond acceptors (Lipinski definition) is 7. The van der Waals surface area contributed by atoms with E-state index in [0.29, 0.717) is 35.9 Å². The van der Waals surface area contributed by atoms with Gasteiger partial charge >= 0.3 is 0 Å². The number of rotatable bonds is 8. The van der Waals surface area contributed by atoms with Crippen LogP contribution in [0.15, 0.2) is 22.0 Å². The van der Waals surface area contributed by atoms with Crippen molar-refractivity contribution in [1.29, 1.82) is 0 Å². The molecule has 0 bridgehead atoms. The summed E-state index contributed by atoms with van der Waals surface area (Å²) in [4.78, 5) is 12.1. The van der Waals surface area contributed by atoms with Crippen LogP contribution in [0.1, 0.15) is 60.2 Å². The summed E-state index contributed by atoms with van der Waals surface area (Å²) in [6.07, 6.45) is 4.77. The van der Waals surface area contributed by atoms with Crippen LogP contribution in [-0.4, -0.2) is 32.2 Å². The van der Waals surface area contributed by atoms with Crippen LogP contribution in [0.4, 0.5) is 5.82 Å². The van der Waals surface area contributed by atoms with Crippen molar-refractivity contribution in [3.63, 3.8) is 0 Å². The fourth-order valence-electron chi connectivity index (χ4n) is 3.79. The fourth-order valence-corrected chi connectivity index (χ4v) is 4.50. The highest BCUT2D eigenvalue weighted by Gasteiger charge is 2.33. The first-order chi connectivity index (χ1) is 14.1. The van der Waals surface area contributed by atoms with Crippen LogP contribution in [0.3, 0.4) is 0 Å². The topological polar surface area (TPSA) is 106 Å². The summed E-state index contributed by atoms with van der Waals surface area (Å²) in [5, 5.41) is 16.0. The molecule has 2 aliphatic carbocycles. The molecule has 0 atom stereocenters. The molecule has 0 unspecified atom stereocenters. The lowest BCUT2D eigenvalue weighted by Crippen LogP contribution is -2.27. The van der Waals surface area contributed by atoms with Gasteiger partial charge in [0, 0.05) is 34.7 Å². The number of aromatic amines is 1. The average Bonchev–Trinajstić information content (AvgIpc) is 3.02. The molecule has 9 heteroatoms. The second kappa shape index (κ2) is 7.62. The molecule has 0 radical (unpaired) electrons. The molecule has 1 amide bonds. The van der Waals surface area contributed by atoms with E-state index < -0.39 is 0 Å². The van der Waals surface area contributed by atoms with Crippen LogP contribution in [0.25, 0.3) is 0 Å². The highest BCUT2D eigenvalue weighted by Crippen LogP contribution is 2.46. The van der Waals surface area contributed by atoms with Gasteiger partial charge in [-0.15, -0.1) is 0 Å². The number of hydrogen-bond donors (Lipinski definition) is 2. The quantitative estimate of drug-likeness (QED) is 0.582. The predicted octanol–water partition coefficient (Wildman–Crippen LogP) is 3.79. The molecule has 152 valence electrons. The van der Waals surface area contributed by atoms with Crippen molar-refractivity contribution in [2.45, 2.75) is 50.9 Å². The molecule has 2 fully saturated rings. The lowest BCUT2D eigenvalue weighted by atomic mass is 9.74. The number of aryl methyl sites for hydroxylation is 1. The van der Waals surface area contributed by atoms with Gasteiger partial charge in [0.15, 0.2) is 5.82 Å². The molecule has 0 aliphatic heterocycles. The third-order valence-corrected chi connectivity index (χ3v) is 6.22. The van der Waals surface area contributed by atoms with Crippen LogP contribution < -0.4 is 10.1 Å². The second-order valence-electron chi connectivity index (χ2n) is 8.06. The van der Waals surface area contributed by atoms with Crippen molar-refractivity contribution in [3.05, 3.63) is 40.2 Å². The SMILES string of the molecule is Cc1cc(CC(=O)Nc2cc(C3CC(COc4nscc4C4CC4)C3)[nH]n2)on1. The first-order valence-corrected chi connectivity index (χ1v) is 10.8. The Bertz CT molecular complexity index is 999. The minimum atomic E-state index is -0.172. The van der Waals surface area contributed by atoms with E-state index in [1.54, 1.807) is 6.07 Å². The van der Waals surface area contributed by atoms with Gasteiger partial charge in [0.2, 0.25) is 11.8 Å². The smallest absolute Gasteiger partial charge is 0.233 e. The molecule has 3 heterocycles. The molecule has 3 aromatic heterocycles. The molecule has 0 aromatic carbocycles. The van der Waals surface area contributed by atoms with Crippen molar-refractivity contribution >= 4 is 23.3 Å². The first-order valence-electron chi connectivity index (χ1n) is 9.98. The molecular weight excluding hydrogens is 390 g/mol. The molecule has 2 N–H and O–H groups in total. The van der Waals surface area contributed by atoms with Gasteiger partial charge in [0.25, 0.3) is 0 Å². The number of aromatic nitrogens is 4. The van der Waals surface area contributed by atoms with E-state index in [-0.39, 0.29) is 12.3 Å². The zero-order valence-corrected chi connectivity index (χ0v) is 17.0. The standard InChI is InChI=1S/C20H23N5O3S/c1-11-4-15(28-24-11)7-19(26)21-18-8-17(22-23-18)14-5-12(6-14)9-27-20-16(10-29-25-20)13-2-3-13/h4,8,10,12-14H,2-3,5-7,9H2,1H3,(H2,21,22,23,26).